The average Bonchev–Trinajstić information content (AvgIpc) is 2.15. The molecule has 0 aliphatic heterocycles. The molecule has 0 spiro atoms. The van der Waals surface area contributed by atoms with Crippen LogP contribution in [0.4, 0.5) is 0 Å². The molecule has 0 saturated carbocycles. The van der Waals surface area contributed by atoms with Crippen molar-refractivity contribution >= 4 is 21.7 Å². The van der Waals surface area contributed by atoms with Crippen molar-refractivity contribution in [3.8, 4) is 0 Å². The first-order valence-electron chi connectivity index (χ1n) is 4.86. The van der Waals surface area contributed by atoms with Crippen LogP contribution < -0.4 is 5.32 Å². The first-order valence-corrected chi connectivity index (χ1v) is 6.47. The van der Waals surface area contributed by atoms with Gasteiger partial charge in [0.2, 0.25) is 5.91 Å². The molecule has 1 unspecified atom stereocenters. The van der Waals surface area contributed by atoms with Gasteiger partial charge in [0, 0.05) is 0 Å². The number of sulfone groups is 1. The third-order valence-corrected chi connectivity index (χ3v) is 4.76. The minimum absolute atomic E-state index is 0.673. The van der Waals surface area contributed by atoms with E-state index in [0.717, 1.165) is 0 Å². The quantitative estimate of drug-likeness (QED) is 0.704. The summed E-state index contributed by atoms with van der Waals surface area (Å²) < 4.78 is 23.2. The molecular formula is C9H17NO5S. The van der Waals surface area contributed by atoms with Crippen LogP contribution in [0.25, 0.3) is 0 Å². The number of aliphatic carboxylic acids is 1. The number of amides is 1. The van der Waals surface area contributed by atoms with Gasteiger partial charge in [0.05, 0.1) is 5.25 Å². The molecule has 0 rings (SSSR count). The van der Waals surface area contributed by atoms with E-state index in [4.69, 9.17) is 5.11 Å². The van der Waals surface area contributed by atoms with Crippen LogP contribution in [0.1, 0.15) is 27.7 Å². The Kier molecular flexibility index (Phi) is 4.92. The Morgan fingerprint density at radius 2 is 1.56 bits per heavy atom. The van der Waals surface area contributed by atoms with Crippen molar-refractivity contribution in [3.63, 3.8) is 0 Å². The minimum Gasteiger partial charge on any atom is -0.480 e. The van der Waals surface area contributed by atoms with E-state index in [1.807, 2.05) is 0 Å². The Morgan fingerprint density at radius 1 is 1.12 bits per heavy atom. The lowest BCUT2D eigenvalue weighted by molar-refractivity contribution is -0.141. The molecular weight excluding hydrogens is 234 g/mol. The van der Waals surface area contributed by atoms with Crippen molar-refractivity contribution in [3.05, 3.63) is 0 Å². The molecule has 2 atom stereocenters. The normalized spacial score (nSPS) is 15.6. The van der Waals surface area contributed by atoms with Crippen LogP contribution in [0, 0.1) is 0 Å². The van der Waals surface area contributed by atoms with E-state index in [0.29, 0.717) is 0 Å². The van der Waals surface area contributed by atoms with E-state index in [1.54, 1.807) is 0 Å². The van der Waals surface area contributed by atoms with Crippen LogP contribution in [0.15, 0.2) is 0 Å². The molecule has 0 radical (unpaired) electrons. The molecule has 0 aromatic carbocycles. The summed E-state index contributed by atoms with van der Waals surface area (Å²) in [4.78, 5) is 21.9. The molecule has 94 valence electrons. The minimum atomic E-state index is -3.55. The highest BCUT2D eigenvalue weighted by molar-refractivity contribution is 7.93. The molecule has 7 heteroatoms. The average molecular weight is 251 g/mol. The monoisotopic (exact) mass is 251 g/mol. The van der Waals surface area contributed by atoms with Gasteiger partial charge >= 0.3 is 5.97 Å². The zero-order chi connectivity index (χ0) is 13.1. The molecule has 0 fully saturated rings. The van der Waals surface area contributed by atoms with Crippen molar-refractivity contribution in [1.29, 1.82) is 0 Å². The fourth-order valence-electron chi connectivity index (χ4n) is 0.950. The van der Waals surface area contributed by atoms with E-state index >= 15 is 0 Å². The summed E-state index contributed by atoms with van der Waals surface area (Å²) in [5.41, 5.74) is 0. The molecule has 16 heavy (non-hydrogen) atoms. The summed E-state index contributed by atoms with van der Waals surface area (Å²) in [5, 5.41) is 8.77. The van der Waals surface area contributed by atoms with Crippen LogP contribution in [-0.4, -0.2) is 41.9 Å². The summed E-state index contributed by atoms with van der Waals surface area (Å²) in [7, 11) is -3.55. The van der Waals surface area contributed by atoms with Gasteiger partial charge in [0.15, 0.2) is 9.84 Å². The van der Waals surface area contributed by atoms with E-state index in [2.05, 4.69) is 5.32 Å². The third-order valence-electron chi connectivity index (χ3n) is 2.25. The third kappa shape index (κ3) is 3.48. The first kappa shape index (κ1) is 14.9. The highest BCUT2D eigenvalue weighted by Gasteiger charge is 2.31. The molecule has 6 nitrogen and oxygen atoms in total. The van der Waals surface area contributed by atoms with Gasteiger partial charge in [-0.05, 0) is 27.7 Å². The van der Waals surface area contributed by atoms with Crippen molar-refractivity contribution in [2.75, 3.05) is 0 Å². The zero-order valence-electron chi connectivity index (χ0n) is 9.72. The number of nitrogens with one attached hydrogen (secondary N) is 1. The molecule has 0 bridgehead atoms. The smallest absolute Gasteiger partial charge is 0.325 e. The maximum atomic E-state index is 11.6. The second-order valence-corrected chi connectivity index (χ2v) is 6.68. The predicted molar refractivity (Wildman–Crippen MR) is 58.8 cm³/mol. The lowest BCUT2D eigenvalue weighted by Crippen LogP contribution is -2.46. The topological polar surface area (TPSA) is 101 Å². The standard InChI is InChI=1S/C9H17NO5S/c1-5(2)16(14,15)7(4)8(11)10-6(3)9(12)13/h5-7H,1-4H3,(H,10,11)(H,12,13)/t6-,7?/m0/s1. The zero-order valence-corrected chi connectivity index (χ0v) is 10.5. The Labute approximate surface area is 95.0 Å². The van der Waals surface area contributed by atoms with Crippen molar-refractivity contribution < 1.29 is 23.1 Å². The summed E-state index contributed by atoms with van der Waals surface area (Å²) in [5.74, 6) is -1.99. The van der Waals surface area contributed by atoms with Crippen LogP contribution in [0.3, 0.4) is 0 Å². The van der Waals surface area contributed by atoms with Gasteiger partial charge in [-0.15, -0.1) is 0 Å². The van der Waals surface area contributed by atoms with Gasteiger partial charge in [0.1, 0.15) is 11.3 Å². The molecule has 1 amide bonds. The summed E-state index contributed by atoms with van der Waals surface area (Å²) in [6, 6.07) is -1.10. The van der Waals surface area contributed by atoms with Crippen LogP contribution in [0.2, 0.25) is 0 Å². The van der Waals surface area contributed by atoms with E-state index in [1.165, 1.54) is 27.7 Å². The van der Waals surface area contributed by atoms with E-state index < -0.39 is 38.3 Å². The van der Waals surface area contributed by atoms with Crippen LogP contribution >= 0.6 is 0 Å². The van der Waals surface area contributed by atoms with Crippen LogP contribution in [0.5, 0.6) is 0 Å². The number of rotatable bonds is 5. The van der Waals surface area contributed by atoms with Crippen molar-refractivity contribution in [2.45, 2.75) is 44.2 Å². The number of hydrogen-bond donors (Lipinski definition) is 2. The highest BCUT2D eigenvalue weighted by atomic mass is 32.2. The number of carboxylic acid groups (broad SMARTS) is 1. The van der Waals surface area contributed by atoms with Gasteiger partial charge in [-0.25, -0.2) is 8.42 Å². The Bertz CT molecular complexity index is 373. The van der Waals surface area contributed by atoms with Crippen LogP contribution in [-0.2, 0) is 19.4 Å². The van der Waals surface area contributed by atoms with E-state index in [-0.39, 0.29) is 0 Å². The maximum Gasteiger partial charge on any atom is 0.325 e. The van der Waals surface area contributed by atoms with Gasteiger partial charge in [0.25, 0.3) is 0 Å². The Morgan fingerprint density at radius 3 is 1.88 bits per heavy atom. The van der Waals surface area contributed by atoms with E-state index in [9.17, 15) is 18.0 Å². The molecule has 0 saturated heterocycles. The molecule has 2 N–H and O–H groups in total. The summed E-state index contributed by atoms with van der Waals surface area (Å²) in [6.07, 6.45) is 0. The molecule has 0 aromatic rings. The largest absolute Gasteiger partial charge is 0.480 e. The highest BCUT2D eigenvalue weighted by Crippen LogP contribution is 2.09. The van der Waals surface area contributed by atoms with Gasteiger partial charge in [-0.3, -0.25) is 9.59 Å². The number of carbonyl (C=O) groups excluding carboxylic acids is 1. The molecule has 0 aliphatic rings. The van der Waals surface area contributed by atoms with Gasteiger partial charge in [-0.2, -0.15) is 0 Å². The van der Waals surface area contributed by atoms with Crippen molar-refractivity contribution in [2.24, 2.45) is 0 Å². The van der Waals surface area contributed by atoms with Gasteiger partial charge < -0.3 is 10.4 Å². The second-order valence-electron chi connectivity index (χ2n) is 3.85. The number of carbonyl (C=O) groups is 2. The lowest BCUT2D eigenvalue weighted by atomic mass is 10.3. The Hall–Kier alpha value is -1.11. The summed E-state index contributed by atoms with van der Waals surface area (Å²) >= 11 is 0. The van der Waals surface area contributed by atoms with Crippen molar-refractivity contribution in [1.82, 2.24) is 5.32 Å². The lowest BCUT2D eigenvalue weighted by Gasteiger charge is -2.17. The SMILES string of the molecule is CC(C)S(=O)(=O)C(C)C(=O)N[C@@H](C)C(=O)O. The number of carboxylic acids is 1. The molecule has 0 aromatic heterocycles. The fraction of sp³-hybridized carbons (Fsp3) is 0.778. The first-order chi connectivity index (χ1) is 7.10. The molecule has 0 aliphatic carbocycles. The summed E-state index contributed by atoms with van der Waals surface area (Å²) in [6.45, 7) is 5.47. The maximum absolute atomic E-state index is 11.6. The second kappa shape index (κ2) is 5.29. The fourth-order valence-corrected chi connectivity index (χ4v) is 2.13. The molecule has 0 heterocycles. The predicted octanol–water partition coefficient (Wildman–Crippen LogP) is -0.213. The Balaban J connectivity index is 4.71. The number of hydrogen-bond acceptors (Lipinski definition) is 4. The van der Waals surface area contributed by atoms with Gasteiger partial charge in [-0.1, -0.05) is 0 Å².